The molecule has 0 bridgehead atoms. The predicted octanol–water partition coefficient (Wildman–Crippen LogP) is 3.33. The molecule has 27 heavy (non-hydrogen) atoms. The number of fused-ring (bicyclic) bond motifs is 1. The van der Waals surface area contributed by atoms with Gasteiger partial charge in [0.05, 0.1) is 22.6 Å². The van der Waals surface area contributed by atoms with Crippen molar-refractivity contribution in [1.82, 2.24) is 19.9 Å². The van der Waals surface area contributed by atoms with Gasteiger partial charge < -0.3 is 19.9 Å². The van der Waals surface area contributed by atoms with Crippen LogP contribution in [0.15, 0.2) is 29.1 Å². The summed E-state index contributed by atoms with van der Waals surface area (Å²) >= 11 is 0. The highest BCUT2D eigenvalue weighted by molar-refractivity contribution is 5.96. The number of aromatic nitrogens is 3. The van der Waals surface area contributed by atoms with E-state index in [-0.39, 0.29) is 16.9 Å². The van der Waals surface area contributed by atoms with Gasteiger partial charge in [0, 0.05) is 11.4 Å². The van der Waals surface area contributed by atoms with E-state index in [1.54, 1.807) is 25.1 Å². The Morgan fingerprint density at radius 2 is 1.85 bits per heavy atom. The first-order valence-corrected chi connectivity index (χ1v) is 8.31. The van der Waals surface area contributed by atoms with Crippen molar-refractivity contribution >= 4 is 16.9 Å². The highest BCUT2D eigenvalue weighted by Crippen LogP contribution is 2.24. The number of nitrogens with zero attached hydrogens (tertiary/aromatic N) is 1. The number of nitrogens with one attached hydrogen (secondary N) is 3. The number of rotatable bonds is 4. The van der Waals surface area contributed by atoms with Crippen LogP contribution in [0.1, 0.15) is 40.3 Å². The van der Waals surface area contributed by atoms with Crippen molar-refractivity contribution in [1.29, 1.82) is 0 Å². The number of amides is 1. The van der Waals surface area contributed by atoms with Crippen molar-refractivity contribution in [2.24, 2.45) is 0 Å². The molecule has 3 N–H and O–H groups in total. The van der Waals surface area contributed by atoms with Gasteiger partial charge in [-0.25, -0.2) is 4.79 Å². The van der Waals surface area contributed by atoms with Gasteiger partial charge >= 0.3 is 11.9 Å². The summed E-state index contributed by atoms with van der Waals surface area (Å²) in [5, 5.41) is 2.79. The molecule has 1 unspecified atom stereocenters. The Balaban J connectivity index is 1.81. The zero-order valence-corrected chi connectivity index (χ0v) is 15.0. The fourth-order valence-corrected chi connectivity index (χ4v) is 3.13. The summed E-state index contributed by atoms with van der Waals surface area (Å²) in [7, 11) is 0. The van der Waals surface area contributed by atoms with Gasteiger partial charge in [-0.1, -0.05) is 6.07 Å². The third-order valence-corrected chi connectivity index (χ3v) is 4.54. The average Bonchev–Trinajstić information content (AvgIpc) is 3.06. The summed E-state index contributed by atoms with van der Waals surface area (Å²) < 4.78 is 39.2. The number of benzene rings is 1. The van der Waals surface area contributed by atoms with Crippen LogP contribution in [0.4, 0.5) is 13.2 Å². The van der Waals surface area contributed by atoms with Crippen LogP contribution in [-0.4, -0.2) is 26.6 Å². The third kappa shape index (κ3) is 3.91. The van der Waals surface area contributed by atoms with Crippen molar-refractivity contribution in [3.8, 4) is 0 Å². The van der Waals surface area contributed by atoms with E-state index in [0.29, 0.717) is 16.7 Å². The highest BCUT2D eigenvalue weighted by Gasteiger charge is 2.30. The fraction of sp³-hybridized carbons (Fsp3) is 0.333. The van der Waals surface area contributed by atoms with Gasteiger partial charge in [-0.15, -0.1) is 0 Å². The van der Waals surface area contributed by atoms with Crippen molar-refractivity contribution in [3.63, 3.8) is 0 Å². The summed E-state index contributed by atoms with van der Waals surface area (Å²) in [6.45, 7) is 3.66. The van der Waals surface area contributed by atoms with E-state index in [9.17, 15) is 22.8 Å². The van der Waals surface area contributed by atoms with E-state index < -0.39 is 24.7 Å². The van der Waals surface area contributed by atoms with E-state index in [2.05, 4.69) is 15.3 Å². The number of hydrogen-bond donors (Lipinski definition) is 3. The lowest BCUT2D eigenvalue weighted by Crippen LogP contribution is -2.27. The van der Waals surface area contributed by atoms with Crippen LogP contribution in [0, 0.1) is 13.8 Å². The Bertz CT molecular complexity index is 1060. The van der Waals surface area contributed by atoms with Crippen LogP contribution in [0.2, 0.25) is 0 Å². The summed E-state index contributed by atoms with van der Waals surface area (Å²) in [6.07, 6.45) is -4.36. The van der Waals surface area contributed by atoms with E-state index >= 15 is 0 Å². The number of H-pyrrole nitrogens is 2. The molecule has 9 heteroatoms. The Kier molecular flexibility index (Phi) is 4.63. The third-order valence-electron chi connectivity index (χ3n) is 4.54. The molecule has 0 aliphatic heterocycles. The van der Waals surface area contributed by atoms with Gasteiger partial charge in [0.2, 0.25) is 0 Å². The van der Waals surface area contributed by atoms with E-state index in [4.69, 9.17) is 0 Å². The van der Waals surface area contributed by atoms with Gasteiger partial charge in [0.15, 0.2) is 0 Å². The molecule has 0 fully saturated rings. The fourth-order valence-electron chi connectivity index (χ4n) is 3.13. The number of carbonyl (C=O) groups excluding carboxylic acids is 1. The molecular weight excluding hydrogens is 361 g/mol. The van der Waals surface area contributed by atoms with Gasteiger partial charge in [-0.2, -0.15) is 13.2 Å². The van der Waals surface area contributed by atoms with Crippen LogP contribution >= 0.6 is 0 Å². The van der Waals surface area contributed by atoms with Gasteiger partial charge in [-0.05, 0) is 44.5 Å². The van der Waals surface area contributed by atoms with Crippen LogP contribution in [0.3, 0.4) is 0 Å². The van der Waals surface area contributed by atoms with Crippen molar-refractivity contribution in [2.45, 2.75) is 39.5 Å². The topological polar surface area (TPSA) is 82.7 Å². The Morgan fingerprint density at radius 1 is 1.19 bits per heavy atom. The first-order valence-electron chi connectivity index (χ1n) is 8.31. The molecule has 144 valence electrons. The second-order valence-electron chi connectivity index (χ2n) is 6.57. The van der Waals surface area contributed by atoms with E-state index in [1.165, 1.54) is 19.9 Å². The summed E-state index contributed by atoms with van der Waals surface area (Å²) in [5.41, 5.74) is 2.54. The quantitative estimate of drug-likeness (QED) is 0.649. The number of imidazole rings is 1. The molecule has 0 saturated carbocycles. The molecule has 0 spiro atoms. The lowest BCUT2D eigenvalue weighted by Gasteiger charge is -2.15. The summed E-state index contributed by atoms with van der Waals surface area (Å²) in [5.74, 6) is -0.452. The second-order valence-corrected chi connectivity index (χ2v) is 6.57. The minimum absolute atomic E-state index is 0.208. The first-order chi connectivity index (χ1) is 12.5. The zero-order chi connectivity index (χ0) is 19.9. The maximum atomic E-state index is 12.7. The van der Waals surface area contributed by atoms with Gasteiger partial charge in [0.1, 0.15) is 6.54 Å². The number of carbonyl (C=O) groups is 1. The number of alkyl halides is 3. The van der Waals surface area contributed by atoms with E-state index in [1.807, 2.05) is 0 Å². The lowest BCUT2D eigenvalue weighted by atomic mass is 10.1. The largest absolute Gasteiger partial charge is 0.406 e. The van der Waals surface area contributed by atoms with Crippen LogP contribution < -0.4 is 11.0 Å². The molecule has 0 aliphatic carbocycles. The van der Waals surface area contributed by atoms with Crippen LogP contribution in [0.25, 0.3) is 11.0 Å². The maximum absolute atomic E-state index is 12.7. The Hall–Kier alpha value is -2.97. The minimum Gasteiger partial charge on any atom is -0.345 e. The SMILES string of the molecule is Cc1cc(C(=O)NC(C)c2ccc3[nH]c(=O)[nH]c3c2)c(C)n1CC(F)(F)F. The van der Waals surface area contributed by atoms with Crippen LogP contribution in [0.5, 0.6) is 0 Å². The molecule has 1 aromatic carbocycles. The number of hydrogen-bond acceptors (Lipinski definition) is 2. The predicted molar refractivity (Wildman–Crippen MR) is 94.8 cm³/mol. The molecule has 0 saturated heterocycles. The average molecular weight is 380 g/mol. The molecule has 2 heterocycles. The van der Waals surface area contributed by atoms with Crippen LogP contribution in [-0.2, 0) is 6.54 Å². The normalized spacial score (nSPS) is 13.1. The molecule has 1 atom stereocenters. The molecule has 3 aromatic rings. The molecule has 6 nitrogen and oxygen atoms in total. The molecule has 0 radical (unpaired) electrons. The summed E-state index contributed by atoms with van der Waals surface area (Å²) in [4.78, 5) is 29.2. The molecule has 2 aromatic heterocycles. The van der Waals surface area contributed by atoms with Crippen molar-refractivity contribution in [2.75, 3.05) is 0 Å². The standard InChI is InChI=1S/C18H19F3N4O2/c1-9-6-13(11(3)25(9)8-18(19,20)21)16(26)22-10(2)12-4-5-14-15(7-12)24-17(27)23-14/h4-7,10H,8H2,1-3H3,(H,22,26)(H2,23,24,27). The first kappa shape index (κ1) is 18.8. The monoisotopic (exact) mass is 380 g/mol. The molecular formula is C18H19F3N4O2. The smallest absolute Gasteiger partial charge is 0.345 e. The van der Waals surface area contributed by atoms with Crippen molar-refractivity contribution in [3.05, 3.63) is 57.3 Å². The minimum atomic E-state index is -4.36. The number of aromatic amines is 2. The molecule has 1 amide bonds. The zero-order valence-electron chi connectivity index (χ0n) is 15.0. The maximum Gasteiger partial charge on any atom is 0.406 e. The molecule has 3 rings (SSSR count). The second kappa shape index (κ2) is 6.64. The Labute approximate surface area is 152 Å². The molecule has 0 aliphatic rings. The summed E-state index contributed by atoms with van der Waals surface area (Å²) in [6, 6.07) is 6.29. The van der Waals surface area contributed by atoms with Gasteiger partial charge in [-0.3, -0.25) is 4.79 Å². The number of aryl methyl sites for hydroxylation is 1. The lowest BCUT2D eigenvalue weighted by molar-refractivity contribution is -0.141. The van der Waals surface area contributed by atoms with E-state index in [0.717, 1.165) is 10.1 Å². The highest BCUT2D eigenvalue weighted by atomic mass is 19.4. The Morgan fingerprint density at radius 3 is 2.52 bits per heavy atom. The van der Waals surface area contributed by atoms with Crippen molar-refractivity contribution < 1.29 is 18.0 Å². The number of halogens is 3. The van der Waals surface area contributed by atoms with Gasteiger partial charge in [0.25, 0.3) is 5.91 Å².